The second kappa shape index (κ2) is 5.64. The van der Waals surface area contributed by atoms with E-state index in [9.17, 15) is 13.2 Å². The van der Waals surface area contributed by atoms with Gasteiger partial charge in [-0.1, -0.05) is 23.4 Å². The smallest absolute Gasteiger partial charge is 0.339 e. The SMILES string of the molecule is FC(F)(F)c1cccc(C2(c3noc(C4CCCc5n[nH]nc54)n3)CC2)c1. The summed E-state index contributed by atoms with van der Waals surface area (Å²) in [6, 6.07) is 5.41. The normalized spacial score (nSPS) is 21.1. The lowest BCUT2D eigenvalue weighted by Crippen LogP contribution is -2.14. The molecule has 2 heterocycles. The third kappa shape index (κ3) is 2.64. The standard InChI is InChI=1S/C18H16F3N5O/c19-18(20,21)11-4-1-3-10(9-11)17(7-8-17)16-22-15(27-25-16)12-5-2-6-13-14(12)24-26-23-13/h1,3-4,9,12H,2,5-8H2,(H,23,24,26). The van der Waals surface area contributed by atoms with Gasteiger partial charge in [0.15, 0.2) is 5.82 Å². The second-order valence-electron chi connectivity index (χ2n) is 7.22. The van der Waals surface area contributed by atoms with Crippen molar-refractivity contribution in [3.8, 4) is 0 Å². The van der Waals surface area contributed by atoms with Crippen LogP contribution >= 0.6 is 0 Å². The van der Waals surface area contributed by atoms with Gasteiger partial charge in [0.25, 0.3) is 0 Å². The number of benzene rings is 1. The number of hydrogen-bond donors (Lipinski definition) is 1. The maximum absolute atomic E-state index is 13.1. The molecule has 1 aromatic carbocycles. The van der Waals surface area contributed by atoms with Gasteiger partial charge in [-0.2, -0.15) is 33.6 Å². The Morgan fingerprint density at radius 3 is 2.81 bits per heavy atom. The molecule has 0 saturated heterocycles. The Bertz CT molecular complexity index is 989. The van der Waals surface area contributed by atoms with Crippen LogP contribution in [0.1, 0.15) is 65.8 Å². The minimum absolute atomic E-state index is 0.119. The molecule has 1 N–H and O–H groups in total. The van der Waals surface area contributed by atoms with Crippen molar-refractivity contribution in [3.05, 3.63) is 58.5 Å². The van der Waals surface area contributed by atoms with Gasteiger partial charge in [0, 0.05) is 0 Å². The summed E-state index contributed by atoms with van der Waals surface area (Å²) in [6.45, 7) is 0. The lowest BCUT2D eigenvalue weighted by atomic mass is 9.89. The molecule has 9 heteroatoms. The second-order valence-corrected chi connectivity index (χ2v) is 7.22. The van der Waals surface area contributed by atoms with Gasteiger partial charge in [-0.25, -0.2) is 0 Å². The van der Waals surface area contributed by atoms with E-state index in [-0.39, 0.29) is 5.92 Å². The zero-order chi connectivity index (χ0) is 18.6. The van der Waals surface area contributed by atoms with Crippen LogP contribution < -0.4 is 0 Å². The quantitative estimate of drug-likeness (QED) is 0.754. The predicted octanol–water partition coefficient (Wildman–Crippen LogP) is 3.75. The molecule has 0 spiro atoms. The van der Waals surface area contributed by atoms with E-state index in [0.717, 1.165) is 36.7 Å². The first-order chi connectivity index (χ1) is 13.0. The van der Waals surface area contributed by atoms with Crippen molar-refractivity contribution < 1.29 is 17.7 Å². The molecule has 5 rings (SSSR count). The molecule has 0 aliphatic heterocycles. The van der Waals surface area contributed by atoms with Crippen molar-refractivity contribution >= 4 is 0 Å². The number of rotatable bonds is 3. The van der Waals surface area contributed by atoms with Crippen molar-refractivity contribution in [2.45, 2.75) is 49.6 Å². The predicted molar refractivity (Wildman–Crippen MR) is 86.9 cm³/mol. The minimum atomic E-state index is -4.38. The number of aryl methyl sites for hydroxylation is 1. The molecule has 27 heavy (non-hydrogen) atoms. The third-order valence-electron chi connectivity index (χ3n) is 5.55. The molecule has 1 fully saturated rings. The third-order valence-corrected chi connectivity index (χ3v) is 5.55. The highest BCUT2D eigenvalue weighted by Gasteiger charge is 2.51. The largest absolute Gasteiger partial charge is 0.416 e. The van der Waals surface area contributed by atoms with E-state index in [1.807, 2.05) is 0 Å². The van der Waals surface area contributed by atoms with Crippen LogP contribution in [0.2, 0.25) is 0 Å². The van der Waals surface area contributed by atoms with Crippen molar-refractivity contribution in [2.75, 3.05) is 0 Å². The molecule has 0 amide bonds. The van der Waals surface area contributed by atoms with Crippen molar-refractivity contribution in [3.63, 3.8) is 0 Å². The lowest BCUT2D eigenvalue weighted by Gasteiger charge is -2.16. The summed E-state index contributed by atoms with van der Waals surface area (Å²) in [4.78, 5) is 4.57. The number of nitrogens with one attached hydrogen (secondary N) is 1. The fraction of sp³-hybridized carbons (Fsp3) is 0.444. The number of alkyl halides is 3. The number of aromatic nitrogens is 5. The molecule has 2 aliphatic rings. The molecule has 140 valence electrons. The van der Waals surface area contributed by atoms with Crippen molar-refractivity contribution in [2.24, 2.45) is 0 Å². The molecule has 6 nitrogen and oxygen atoms in total. The van der Waals surface area contributed by atoms with Gasteiger partial charge in [-0.05, 0) is 43.7 Å². The van der Waals surface area contributed by atoms with Gasteiger partial charge >= 0.3 is 6.18 Å². The van der Waals surface area contributed by atoms with Crippen LogP contribution in [0, 0.1) is 0 Å². The van der Waals surface area contributed by atoms with Crippen LogP contribution in [0.3, 0.4) is 0 Å². The number of aromatic amines is 1. The van der Waals surface area contributed by atoms with Crippen LogP contribution in [-0.2, 0) is 18.0 Å². The molecule has 0 bridgehead atoms. The summed E-state index contributed by atoms with van der Waals surface area (Å²) in [5.74, 6) is 0.789. The fourth-order valence-corrected chi connectivity index (χ4v) is 3.91. The molecule has 3 aromatic rings. The maximum atomic E-state index is 13.1. The molecule has 1 atom stereocenters. The summed E-state index contributed by atoms with van der Waals surface area (Å²) in [5, 5.41) is 15.1. The molecule has 2 aliphatic carbocycles. The van der Waals surface area contributed by atoms with Crippen LogP contribution in [-0.4, -0.2) is 25.6 Å². The van der Waals surface area contributed by atoms with Crippen molar-refractivity contribution in [1.82, 2.24) is 25.6 Å². The van der Waals surface area contributed by atoms with E-state index < -0.39 is 17.2 Å². The Labute approximate surface area is 152 Å². The Hall–Kier alpha value is -2.71. The molecule has 2 aromatic heterocycles. The number of nitrogens with zero attached hydrogens (tertiary/aromatic N) is 4. The molecule has 0 radical (unpaired) electrons. The van der Waals surface area contributed by atoms with Crippen LogP contribution in [0.5, 0.6) is 0 Å². The number of fused-ring (bicyclic) bond motifs is 1. The van der Waals surface area contributed by atoms with Gasteiger partial charge in [0.2, 0.25) is 5.89 Å². The molecular weight excluding hydrogens is 359 g/mol. The van der Waals surface area contributed by atoms with Gasteiger partial charge in [0.05, 0.1) is 28.3 Å². The Morgan fingerprint density at radius 1 is 1.19 bits per heavy atom. The molecule has 1 saturated carbocycles. The highest BCUT2D eigenvalue weighted by molar-refractivity contribution is 5.42. The first-order valence-corrected chi connectivity index (χ1v) is 8.89. The summed E-state index contributed by atoms with van der Waals surface area (Å²) in [7, 11) is 0. The summed E-state index contributed by atoms with van der Waals surface area (Å²) in [6.07, 6.45) is -0.337. The highest BCUT2D eigenvalue weighted by Crippen LogP contribution is 2.53. The van der Waals surface area contributed by atoms with Crippen LogP contribution in [0.25, 0.3) is 0 Å². The average molecular weight is 375 g/mol. The highest BCUT2D eigenvalue weighted by atomic mass is 19.4. The van der Waals surface area contributed by atoms with Gasteiger partial charge in [-0.15, -0.1) is 0 Å². The first-order valence-electron chi connectivity index (χ1n) is 8.89. The van der Waals surface area contributed by atoms with E-state index in [1.54, 1.807) is 6.07 Å². The van der Waals surface area contributed by atoms with E-state index in [1.165, 1.54) is 12.1 Å². The lowest BCUT2D eigenvalue weighted by molar-refractivity contribution is -0.137. The fourth-order valence-electron chi connectivity index (χ4n) is 3.91. The van der Waals surface area contributed by atoms with Crippen LogP contribution in [0.15, 0.2) is 28.8 Å². The van der Waals surface area contributed by atoms with Crippen molar-refractivity contribution in [1.29, 1.82) is 0 Å². The topological polar surface area (TPSA) is 80.5 Å². The molecule has 1 unspecified atom stereocenters. The number of hydrogen-bond acceptors (Lipinski definition) is 5. The zero-order valence-corrected chi connectivity index (χ0v) is 14.3. The van der Waals surface area contributed by atoms with Gasteiger partial charge < -0.3 is 4.52 Å². The van der Waals surface area contributed by atoms with E-state index >= 15 is 0 Å². The minimum Gasteiger partial charge on any atom is -0.339 e. The summed E-state index contributed by atoms with van der Waals surface area (Å²) < 4.78 is 44.7. The van der Waals surface area contributed by atoms with E-state index in [0.29, 0.717) is 30.1 Å². The number of H-pyrrole nitrogens is 1. The van der Waals surface area contributed by atoms with E-state index in [4.69, 9.17) is 4.52 Å². The monoisotopic (exact) mass is 375 g/mol. The Balaban J connectivity index is 1.49. The van der Waals surface area contributed by atoms with Crippen LogP contribution in [0.4, 0.5) is 13.2 Å². The molecular formula is C18H16F3N5O. The summed E-state index contributed by atoms with van der Waals surface area (Å²) in [5.41, 5.74) is 1.06. The zero-order valence-electron chi connectivity index (χ0n) is 14.3. The Kier molecular flexibility index (Phi) is 3.44. The average Bonchev–Trinajstić information content (AvgIpc) is 3.09. The summed E-state index contributed by atoms with van der Waals surface area (Å²) >= 11 is 0. The van der Waals surface area contributed by atoms with E-state index in [2.05, 4.69) is 25.6 Å². The van der Waals surface area contributed by atoms with Gasteiger partial charge in [0.1, 0.15) is 0 Å². The maximum Gasteiger partial charge on any atom is 0.416 e. The first kappa shape index (κ1) is 16.5. The Morgan fingerprint density at radius 2 is 2.04 bits per heavy atom. The van der Waals surface area contributed by atoms with Gasteiger partial charge in [-0.3, -0.25) is 0 Å². The number of halogens is 3.